The number of nitrogens with one attached hydrogen (secondary N) is 1. The number of rotatable bonds is 5. The number of piperazine rings is 1. The predicted molar refractivity (Wildman–Crippen MR) is 108 cm³/mol. The van der Waals surface area contributed by atoms with E-state index in [1.165, 1.54) is 5.56 Å². The molecule has 0 aliphatic carbocycles. The molecule has 7 heteroatoms. The number of hydrogen-bond acceptors (Lipinski definition) is 5. The van der Waals surface area contributed by atoms with Crippen LogP contribution in [0.1, 0.15) is 12.5 Å². The van der Waals surface area contributed by atoms with Crippen molar-refractivity contribution in [2.45, 2.75) is 20.0 Å². The van der Waals surface area contributed by atoms with Crippen molar-refractivity contribution in [1.29, 1.82) is 0 Å². The van der Waals surface area contributed by atoms with Gasteiger partial charge in [0, 0.05) is 45.6 Å². The summed E-state index contributed by atoms with van der Waals surface area (Å²) in [5.74, 6) is 2.59. The third kappa shape index (κ3) is 5.32. The summed E-state index contributed by atoms with van der Waals surface area (Å²) in [7, 11) is 1.82. The molecule has 144 valence electrons. The number of aryl methyl sites for hydroxylation is 1. The molecule has 2 heterocycles. The molecule has 1 N–H and O–H groups in total. The minimum absolute atomic E-state index is 0.0449. The first-order valence-electron chi connectivity index (χ1n) is 9.36. The van der Waals surface area contributed by atoms with Gasteiger partial charge in [-0.05, 0) is 32.0 Å². The van der Waals surface area contributed by atoms with E-state index in [-0.39, 0.29) is 6.10 Å². The van der Waals surface area contributed by atoms with Crippen LogP contribution in [0.3, 0.4) is 0 Å². The Morgan fingerprint density at radius 3 is 2.44 bits per heavy atom. The third-order valence-electron chi connectivity index (χ3n) is 4.53. The summed E-state index contributed by atoms with van der Waals surface area (Å²) in [5.41, 5.74) is 1.23. The number of hydrogen-bond donors (Lipinski definition) is 1. The molecular formula is C20H28N6O. The molecule has 0 saturated carbocycles. The molecule has 1 aliphatic rings. The van der Waals surface area contributed by atoms with Crippen LogP contribution in [-0.2, 0) is 0 Å². The number of benzene rings is 1. The topological polar surface area (TPSA) is 65.9 Å². The normalized spacial score (nSPS) is 16.2. The second-order valence-electron chi connectivity index (χ2n) is 6.69. The molecule has 0 spiro atoms. The minimum Gasteiger partial charge on any atom is -0.489 e. The van der Waals surface area contributed by atoms with E-state index in [1.54, 1.807) is 12.4 Å². The van der Waals surface area contributed by atoms with Crippen LogP contribution >= 0.6 is 0 Å². The maximum absolute atomic E-state index is 5.97. The lowest BCUT2D eigenvalue weighted by molar-refractivity contribution is 0.221. The van der Waals surface area contributed by atoms with Crippen LogP contribution in [0.15, 0.2) is 47.7 Å². The lowest BCUT2D eigenvalue weighted by Crippen LogP contribution is -2.53. The first kappa shape index (κ1) is 18.9. The Morgan fingerprint density at radius 2 is 1.81 bits per heavy atom. The van der Waals surface area contributed by atoms with Gasteiger partial charge in [-0.15, -0.1) is 0 Å². The number of anilines is 1. The molecule has 1 unspecified atom stereocenters. The third-order valence-corrected chi connectivity index (χ3v) is 4.53. The number of aliphatic imine (C=N–C) groups is 1. The second kappa shape index (κ2) is 9.21. The monoisotopic (exact) mass is 368 g/mol. The molecule has 1 aromatic carbocycles. The molecule has 0 amide bonds. The van der Waals surface area contributed by atoms with Crippen LogP contribution in [0.2, 0.25) is 0 Å². The molecular weight excluding hydrogens is 340 g/mol. The van der Waals surface area contributed by atoms with E-state index in [4.69, 9.17) is 4.74 Å². The van der Waals surface area contributed by atoms with E-state index in [0.717, 1.165) is 43.8 Å². The van der Waals surface area contributed by atoms with Gasteiger partial charge in [0.25, 0.3) is 0 Å². The van der Waals surface area contributed by atoms with Crippen molar-refractivity contribution in [2.75, 3.05) is 44.7 Å². The molecule has 1 atom stereocenters. The SMILES string of the molecule is CN=C(NCC(C)Oc1ccc(C)cc1)N1CCN(c2ncccn2)CC1. The number of ether oxygens (including phenoxy) is 1. The Balaban J connectivity index is 1.46. The van der Waals surface area contributed by atoms with Gasteiger partial charge in [-0.2, -0.15) is 0 Å². The zero-order valence-corrected chi connectivity index (χ0v) is 16.3. The molecule has 1 fully saturated rings. The Labute approximate surface area is 161 Å². The first-order chi connectivity index (χ1) is 13.2. The molecule has 0 radical (unpaired) electrons. The summed E-state index contributed by atoms with van der Waals surface area (Å²) in [6.45, 7) is 8.34. The maximum Gasteiger partial charge on any atom is 0.225 e. The van der Waals surface area contributed by atoms with E-state index in [0.29, 0.717) is 6.54 Å². The fourth-order valence-corrected chi connectivity index (χ4v) is 3.03. The van der Waals surface area contributed by atoms with Crippen LogP contribution in [0.25, 0.3) is 0 Å². The Morgan fingerprint density at radius 1 is 1.15 bits per heavy atom. The van der Waals surface area contributed by atoms with Gasteiger partial charge in [-0.25, -0.2) is 9.97 Å². The van der Waals surface area contributed by atoms with Crippen molar-refractivity contribution in [1.82, 2.24) is 20.2 Å². The van der Waals surface area contributed by atoms with Crippen molar-refractivity contribution >= 4 is 11.9 Å². The number of nitrogens with zero attached hydrogens (tertiary/aromatic N) is 5. The predicted octanol–water partition coefficient (Wildman–Crippen LogP) is 1.95. The number of aromatic nitrogens is 2. The van der Waals surface area contributed by atoms with Gasteiger partial charge in [-0.1, -0.05) is 17.7 Å². The van der Waals surface area contributed by atoms with Crippen LogP contribution in [0, 0.1) is 6.92 Å². The summed E-state index contributed by atoms with van der Waals surface area (Å²) < 4.78 is 5.97. The van der Waals surface area contributed by atoms with Crippen molar-refractivity contribution < 1.29 is 4.74 Å². The summed E-state index contributed by atoms with van der Waals surface area (Å²) in [4.78, 5) is 17.6. The zero-order chi connectivity index (χ0) is 19.1. The average molecular weight is 368 g/mol. The highest BCUT2D eigenvalue weighted by Crippen LogP contribution is 2.13. The van der Waals surface area contributed by atoms with E-state index in [9.17, 15) is 0 Å². The highest BCUT2D eigenvalue weighted by atomic mass is 16.5. The lowest BCUT2D eigenvalue weighted by Gasteiger charge is -2.36. The van der Waals surface area contributed by atoms with E-state index in [1.807, 2.05) is 25.2 Å². The fourth-order valence-electron chi connectivity index (χ4n) is 3.03. The minimum atomic E-state index is 0.0449. The van der Waals surface area contributed by atoms with Gasteiger partial charge in [0.1, 0.15) is 11.9 Å². The summed E-state index contributed by atoms with van der Waals surface area (Å²) in [6, 6.07) is 9.97. The molecule has 0 bridgehead atoms. The number of guanidine groups is 1. The van der Waals surface area contributed by atoms with Gasteiger partial charge in [-0.3, -0.25) is 4.99 Å². The average Bonchev–Trinajstić information content (AvgIpc) is 2.71. The van der Waals surface area contributed by atoms with Crippen molar-refractivity contribution in [3.63, 3.8) is 0 Å². The van der Waals surface area contributed by atoms with Gasteiger partial charge in [0.2, 0.25) is 5.95 Å². The van der Waals surface area contributed by atoms with Gasteiger partial charge < -0.3 is 19.9 Å². The van der Waals surface area contributed by atoms with Crippen molar-refractivity contribution in [2.24, 2.45) is 4.99 Å². The molecule has 27 heavy (non-hydrogen) atoms. The molecule has 7 nitrogen and oxygen atoms in total. The molecule has 1 aliphatic heterocycles. The van der Waals surface area contributed by atoms with E-state index < -0.39 is 0 Å². The Hall–Kier alpha value is -2.83. The highest BCUT2D eigenvalue weighted by molar-refractivity contribution is 5.80. The van der Waals surface area contributed by atoms with E-state index in [2.05, 4.69) is 56.1 Å². The first-order valence-corrected chi connectivity index (χ1v) is 9.36. The second-order valence-corrected chi connectivity index (χ2v) is 6.69. The van der Waals surface area contributed by atoms with Crippen molar-refractivity contribution in [3.05, 3.63) is 48.3 Å². The lowest BCUT2D eigenvalue weighted by atomic mass is 10.2. The largest absolute Gasteiger partial charge is 0.489 e. The quantitative estimate of drug-likeness (QED) is 0.643. The van der Waals surface area contributed by atoms with Crippen LogP contribution in [0.4, 0.5) is 5.95 Å². The summed E-state index contributed by atoms with van der Waals surface area (Å²) >= 11 is 0. The highest BCUT2D eigenvalue weighted by Gasteiger charge is 2.21. The zero-order valence-electron chi connectivity index (χ0n) is 16.3. The smallest absolute Gasteiger partial charge is 0.225 e. The fraction of sp³-hybridized carbons (Fsp3) is 0.450. The standard InChI is InChI=1S/C20H28N6O/c1-16-5-7-18(8-6-16)27-17(2)15-24-19(21-3)25-11-13-26(14-12-25)20-22-9-4-10-23-20/h4-10,17H,11-15H2,1-3H3,(H,21,24). The van der Waals surface area contributed by atoms with E-state index >= 15 is 0 Å². The van der Waals surface area contributed by atoms with Gasteiger partial charge in [0.15, 0.2) is 5.96 Å². The van der Waals surface area contributed by atoms with Crippen LogP contribution < -0.4 is 15.0 Å². The Kier molecular flexibility index (Phi) is 6.46. The van der Waals surface area contributed by atoms with Gasteiger partial charge >= 0.3 is 0 Å². The summed E-state index contributed by atoms with van der Waals surface area (Å²) in [6.07, 6.45) is 3.61. The maximum atomic E-state index is 5.97. The van der Waals surface area contributed by atoms with Crippen LogP contribution in [0.5, 0.6) is 5.75 Å². The van der Waals surface area contributed by atoms with Crippen molar-refractivity contribution in [3.8, 4) is 5.75 Å². The Bertz CT molecular complexity index is 726. The van der Waals surface area contributed by atoms with Crippen LogP contribution in [-0.4, -0.2) is 66.7 Å². The molecule has 3 rings (SSSR count). The molecule has 1 saturated heterocycles. The molecule has 1 aromatic heterocycles. The van der Waals surface area contributed by atoms with Gasteiger partial charge in [0.05, 0.1) is 6.54 Å². The molecule has 2 aromatic rings. The summed E-state index contributed by atoms with van der Waals surface area (Å²) in [5, 5.41) is 3.43.